The zero-order valence-electron chi connectivity index (χ0n) is 4.32. The van der Waals surface area contributed by atoms with Gasteiger partial charge >= 0.3 is 18.9 Å². The van der Waals surface area contributed by atoms with Gasteiger partial charge in [-0.3, -0.25) is 0 Å². The summed E-state index contributed by atoms with van der Waals surface area (Å²) in [7, 11) is 0. The number of aliphatic carboxylic acids is 1. The van der Waals surface area contributed by atoms with Crippen LogP contribution in [0.4, 0.5) is 0 Å². The molecular weight excluding hydrogens is 87.0 g/mol. The van der Waals surface area contributed by atoms with Crippen LogP contribution in [0.3, 0.4) is 0 Å². The van der Waals surface area contributed by atoms with Crippen LogP contribution < -0.4 is 24.0 Å². The molecular formula is C4H3LiO2. The average Bonchev–Trinajstić information content (AvgIpc) is 1.35. The molecule has 0 aromatic carbocycles. The van der Waals surface area contributed by atoms with Gasteiger partial charge in [0.2, 0.25) is 0 Å². The van der Waals surface area contributed by atoms with E-state index in [-0.39, 0.29) is 18.9 Å². The Morgan fingerprint density at radius 3 is 2.14 bits per heavy atom. The maximum absolute atomic E-state index is 9.31. The number of carbonyl (C=O) groups is 1. The van der Waals surface area contributed by atoms with Gasteiger partial charge in [-0.05, 0) is 6.92 Å². The molecule has 0 rings (SSSR count). The van der Waals surface area contributed by atoms with Gasteiger partial charge in [-0.1, -0.05) is 5.92 Å². The summed E-state index contributed by atoms with van der Waals surface area (Å²) in [5.41, 5.74) is 0. The van der Waals surface area contributed by atoms with E-state index in [0.717, 1.165) is 0 Å². The van der Waals surface area contributed by atoms with E-state index in [1.165, 1.54) is 6.92 Å². The van der Waals surface area contributed by atoms with Crippen LogP contribution in [0.1, 0.15) is 6.92 Å². The molecule has 0 atom stereocenters. The summed E-state index contributed by atoms with van der Waals surface area (Å²) in [5.74, 6) is 2.60. The summed E-state index contributed by atoms with van der Waals surface area (Å²) in [4.78, 5) is 9.31. The SMILES string of the molecule is CC#CC(=O)[O-].[Li+]. The summed E-state index contributed by atoms with van der Waals surface area (Å²) >= 11 is 0. The van der Waals surface area contributed by atoms with Crippen LogP contribution in [0.2, 0.25) is 0 Å². The molecule has 0 radical (unpaired) electrons. The molecule has 0 bridgehead atoms. The summed E-state index contributed by atoms with van der Waals surface area (Å²) in [6, 6.07) is 0. The molecule has 0 saturated carbocycles. The first-order valence-corrected chi connectivity index (χ1v) is 1.41. The smallest absolute Gasteiger partial charge is 0.537 e. The van der Waals surface area contributed by atoms with Gasteiger partial charge in [0, 0.05) is 0 Å². The van der Waals surface area contributed by atoms with Crippen molar-refractivity contribution in [3.8, 4) is 11.8 Å². The predicted molar refractivity (Wildman–Crippen MR) is 18.5 cm³/mol. The first-order valence-electron chi connectivity index (χ1n) is 1.41. The zero-order chi connectivity index (χ0) is 4.99. The second kappa shape index (κ2) is 5.63. The third-order valence-corrected chi connectivity index (χ3v) is 0.227. The van der Waals surface area contributed by atoms with Gasteiger partial charge in [-0.25, -0.2) is 0 Å². The Hall–Kier alpha value is -0.373. The number of rotatable bonds is 0. The standard InChI is InChI=1S/C4H4O2.Li/c1-2-3-4(5)6;/h1H3,(H,5,6);/q;+1/p-1. The second-order valence-electron chi connectivity index (χ2n) is 0.662. The first kappa shape index (κ1) is 9.80. The van der Waals surface area contributed by atoms with E-state index in [1.807, 2.05) is 0 Å². The molecule has 0 amide bonds. The molecule has 0 spiro atoms. The van der Waals surface area contributed by atoms with E-state index < -0.39 is 5.97 Å². The van der Waals surface area contributed by atoms with Crippen molar-refractivity contribution in [1.82, 2.24) is 0 Å². The molecule has 0 aliphatic carbocycles. The Labute approximate surface area is 54.1 Å². The van der Waals surface area contributed by atoms with Gasteiger partial charge in [-0.15, -0.1) is 5.92 Å². The van der Waals surface area contributed by atoms with E-state index in [2.05, 4.69) is 5.92 Å². The first-order chi connectivity index (χ1) is 2.77. The Morgan fingerprint density at radius 1 is 1.71 bits per heavy atom. The van der Waals surface area contributed by atoms with E-state index >= 15 is 0 Å². The van der Waals surface area contributed by atoms with Crippen molar-refractivity contribution >= 4 is 5.97 Å². The van der Waals surface area contributed by atoms with E-state index in [4.69, 9.17) is 0 Å². The van der Waals surface area contributed by atoms with Gasteiger partial charge in [0.1, 0.15) is 5.97 Å². The molecule has 32 valence electrons. The zero-order valence-corrected chi connectivity index (χ0v) is 4.32. The maximum Gasteiger partial charge on any atom is 1.00 e. The van der Waals surface area contributed by atoms with Crippen LogP contribution in [-0.2, 0) is 4.79 Å². The summed E-state index contributed by atoms with van der Waals surface area (Å²) in [6.45, 7) is 1.44. The molecule has 0 aromatic heterocycles. The second-order valence-corrected chi connectivity index (χ2v) is 0.662. The molecule has 0 fully saturated rings. The molecule has 3 heteroatoms. The fourth-order valence-corrected chi connectivity index (χ4v) is 0.102. The van der Waals surface area contributed by atoms with Gasteiger partial charge in [0.25, 0.3) is 0 Å². The van der Waals surface area contributed by atoms with E-state index in [0.29, 0.717) is 0 Å². The number of hydrogen-bond donors (Lipinski definition) is 0. The van der Waals surface area contributed by atoms with Crippen molar-refractivity contribution < 1.29 is 28.8 Å². The Bertz CT molecular complexity index is 109. The van der Waals surface area contributed by atoms with Crippen LogP contribution in [-0.4, -0.2) is 5.97 Å². The van der Waals surface area contributed by atoms with Crippen LogP contribution in [0.5, 0.6) is 0 Å². The minimum Gasteiger partial charge on any atom is -0.537 e. The van der Waals surface area contributed by atoms with Gasteiger partial charge in [0.15, 0.2) is 0 Å². The minimum atomic E-state index is -1.32. The monoisotopic (exact) mass is 90.0 g/mol. The van der Waals surface area contributed by atoms with Gasteiger partial charge in [-0.2, -0.15) is 0 Å². The summed E-state index contributed by atoms with van der Waals surface area (Å²) in [6.07, 6.45) is 0. The molecule has 0 N–H and O–H groups in total. The quantitative estimate of drug-likeness (QED) is 0.223. The summed E-state index contributed by atoms with van der Waals surface area (Å²) in [5, 5.41) is 9.31. The van der Waals surface area contributed by atoms with E-state index in [1.54, 1.807) is 5.92 Å². The van der Waals surface area contributed by atoms with Crippen molar-refractivity contribution in [1.29, 1.82) is 0 Å². The molecule has 0 aromatic rings. The third-order valence-electron chi connectivity index (χ3n) is 0.227. The van der Waals surface area contributed by atoms with Crippen molar-refractivity contribution in [3.05, 3.63) is 0 Å². The number of carbonyl (C=O) groups excluding carboxylic acids is 1. The normalized spacial score (nSPS) is 4.71. The number of carboxylic acid groups (broad SMARTS) is 1. The topological polar surface area (TPSA) is 40.1 Å². The Morgan fingerprint density at radius 2 is 2.14 bits per heavy atom. The van der Waals surface area contributed by atoms with Crippen molar-refractivity contribution in [3.63, 3.8) is 0 Å². The number of hydrogen-bond acceptors (Lipinski definition) is 2. The molecule has 0 aliphatic heterocycles. The summed E-state index contributed by atoms with van der Waals surface area (Å²) < 4.78 is 0. The van der Waals surface area contributed by atoms with Gasteiger partial charge in [0.05, 0.1) is 0 Å². The molecule has 7 heavy (non-hydrogen) atoms. The molecule has 0 heterocycles. The predicted octanol–water partition coefficient (Wildman–Crippen LogP) is -4.24. The van der Waals surface area contributed by atoms with Crippen LogP contribution in [0.15, 0.2) is 0 Å². The van der Waals surface area contributed by atoms with Crippen molar-refractivity contribution in [2.45, 2.75) is 6.92 Å². The number of carboxylic acids is 1. The van der Waals surface area contributed by atoms with Crippen molar-refractivity contribution in [2.24, 2.45) is 0 Å². The van der Waals surface area contributed by atoms with Crippen molar-refractivity contribution in [2.75, 3.05) is 0 Å². The molecule has 0 unspecified atom stereocenters. The van der Waals surface area contributed by atoms with Crippen LogP contribution in [0, 0.1) is 11.8 Å². The third kappa shape index (κ3) is 10.7. The van der Waals surface area contributed by atoms with Crippen LogP contribution in [0.25, 0.3) is 0 Å². The Kier molecular flexibility index (Phi) is 7.88. The van der Waals surface area contributed by atoms with Gasteiger partial charge < -0.3 is 9.90 Å². The van der Waals surface area contributed by atoms with Crippen LogP contribution >= 0.6 is 0 Å². The fraction of sp³-hybridized carbons (Fsp3) is 0.250. The Balaban J connectivity index is 0. The fourth-order valence-electron chi connectivity index (χ4n) is 0.102. The molecule has 2 nitrogen and oxygen atoms in total. The molecule has 0 saturated heterocycles. The van der Waals surface area contributed by atoms with E-state index in [9.17, 15) is 9.90 Å². The average molecular weight is 90.0 g/mol. The largest absolute Gasteiger partial charge is 1.00 e. The minimum absolute atomic E-state index is 0. The maximum atomic E-state index is 9.31. The molecule has 0 aliphatic rings.